The van der Waals surface area contributed by atoms with Crippen LogP contribution in [0, 0.1) is 11.8 Å². The Balaban J connectivity index is 1.24. The lowest BCUT2D eigenvalue weighted by atomic mass is 9.79. The average Bonchev–Trinajstić information content (AvgIpc) is 2.71. The third-order valence-electron chi connectivity index (χ3n) is 6.63. The fraction of sp³-hybridized carbons (Fsp3) is 0.727. The van der Waals surface area contributed by atoms with Crippen LogP contribution in [-0.2, 0) is 11.3 Å². The summed E-state index contributed by atoms with van der Waals surface area (Å²) in [6.07, 6.45) is 11.7. The zero-order valence-corrected chi connectivity index (χ0v) is 16.5. The van der Waals surface area contributed by atoms with E-state index in [9.17, 15) is 4.79 Å². The van der Waals surface area contributed by atoms with Gasteiger partial charge in [0.15, 0.2) is 0 Å². The van der Waals surface area contributed by atoms with Crippen LogP contribution >= 0.6 is 0 Å². The molecule has 0 aliphatic carbocycles. The van der Waals surface area contributed by atoms with E-state index in [1.165, 1.54) is 44.3 Å². The summed E-state index contributed by atoms with van der Waals surface area (Å²) in [5.74, 6) is 1.87. The maximum absolute atomic E-state index is 12.4. The Morgan fingerprint density at radius 2 is 2.11 bits per heavy atom. The van der Waals surface area contributed by atoms with Crippen LogP contribution in [0.3, 0.4) is 0 Å². The molecule has 3 aliphatic heterocycles. The fourth-order valence-corrected chi connectivity index (χ4v) is 5.26. The van der Waals surface area contributed by atoms with Gasteiger partial charge in [-0.2, -0.15) is 0 Å². The molecule has 148 valence electrons. The van der Waals surface area contributed by atoms with E-state index in [-0.39, 0.29) is 0 Å². The molecule has 4 rings (SSSR count). The minimum atomic E-state index is 0.380. The van der Waals surface area contributed by atoms with E-state index in [1.807, 2.05) is 18.5 Å². The highest BCUT2D eigenvalue weighted by Gasteiger charge is 2.36. The van der Waals surface area contributed by atoms with Gasteiger partial charge < -0.3 is 10.2 Å². The first-order valence-corrected chi connectivity index (χ1v) is 10.9. The van der Waals surface area contributed by atoms with Gasteiger partial charge in [0.1, 0.15) is 0 Å². The summed E-state index contributed by atoms with van der Waals surface area (Å²) in [7, 11) is 0. The molecular formula is C22H34N4O. The molecule has 0 saturated carbocycles. The third-order valence-corrected chi connectivity index (χ3v) is 6.63. The van der Waals surface area contributed by atoms with Crippen molar-refractivity contribution in [2.75, 3.05) is 32.7 Å². The summed E-state index contributed by atoms with van der Waals surface area (Å²) < 4.78 is 0. The standard InChI is InChI=1S/C22H34N4O/c27-22(26-10-2-1-3-11-26)8-4-7-21-20-12-19(14-24-21)16-25(17-20)15-18-6-5-9-23-13-18/h5-6,9,13,19-21,24H,1-4,7-8,10-12,14-17H2/t19-,20-,21+/m0/s1. The molecule has 27 heavy (non-hydrogen) atoms. The van der Waals surface area contributed by atoms with Crippen molar-refractivity contribution in [3.8, 4) is 0 Å². The molecule has 5 heteroatoms. The maximum atomic E-state index is 12.4. The van der Waals surface area contributed by atoms with E-state index in [1.54, 1.807) is 0 Å². The molecule has 5 nitrogen and oxygen atoms in total. The summed E-state index contributed by atoms with van der Waals surface area (Å²) in [4.78, 5) is 21.4. The van der Waals surface area contributed by atoms with Gasteiger partial charge in [-0.3, -0.25) is 14.7 Å². The predicted octanol–water partition coefficient (Wildman–Crippen LogP) is 2.67. The highest BCUT2D eigenvalue weighted by molar-refractivity contribution is 5.76. The molecule has 1 amide bonds. The number of pyridine rings is 1. The summed E-state index contributed by atoms with van der Waals surface area (Å²) in [5.41, 5.74) is 1.31. The van der Waals surface area contributed by atoms with Crippen LogP contribution in [0.2, 0.25) is 0 Å². The molecule has 1 aromatic heterocycles. The number of carbonyl (C=O) groups excluding carboxylic acids is 1. The van der Waals surface area contributed by atoms with Crippen LogP contribution in [0.15, 0.2) is 24.5 Å². The van der Waals surface area contributed by atoms with E-state index in [0.29, 0.717) is 11.9 Å². The molecule has 0 aromatic carbocycles. The van der Waals surface area contributed by atoms with Crippen molar-refractivity contribution in [3.05, 3.63) is 30.1 Å². The number of amides is 1. The van der Waals surface area contributed by atoms with Gasteiger partial charge in [0.05, 0.1) is 0 Å². The molecule has 0 radical (unpaired) electrons. The van der Waals surface area contributed by atoms with Gasteiger partial charge in [-0.25, -0.2) is 0 Å². The molecule has 3 saturated heterocycles. The Hall–Kier alpha value is -1.46. The Bertz CT molecular complexity index is 602. The van der Waals surface area contributed by atoms with Gasteiger partial charge >= 0.3 is 0 Å². The van der Waals surface area contributed by atoms with Crippen LogP contribution in [-0.4, -0.2) is 59.5 Å². The number of nitrogens with zero attached hydrogens (tertiary/aromatic N) is 3. The Labute approximate surface area is 163 Å². The highest BCUT2D eigenvalue weighted by atomic mass is 16.2. The van der Waals surface area contributed by atoms with Crippen molar-refractivity contribution >= 4 is 5.91 Å². The first-order chi connectivity index (χ1) is 13.3. The van der Waals surface area contributed by atoms with Crippen molar-refractivity contribution in [2.45, 2.75) is 57.5 Å². The molecule has 1 N–H and O–H groups in total. The largest absolute Gasteiger partial charge is 0.343 e. The lowest BCUT2D eigenvalue weighted by molar-refractivity contribution is -0.132. The number of rotatable bonds is 6. The fourth-order valence-electron chi connectivity index (χ4n) is 5.26. The number of piperidine rings is 3. The van der Waals surface area contributed by atoms with Crippen molar-refractivity contribution in [1.82, 2.24) is 20.1 Å². The van der Waals surface area contributed by atoms with Crippen molar-refractivity contribution in [1.29, 1.82) is 0 Å². The second-order valence-corrected chi connectivity index (χ2v) is 8.77. The number of likely N-dealkylation sites (tertiary alicyclic amines) is 2. The Morgan fingerprint density at radius 1 is 1.22 bits per heavy atom. The van der Waals surface area contributed by atoms with Crippen molar-refractivity contribution in [3.63, 3.8) is 0 Å². The van der Waals surface area contributed by atoms with Gasteiger partial charge in [-0.05, 0) is 68.5 Å². The van der Waals surface area contributed by atoms with Crippen molar-refractivity contribution in [2.24, 2.45) is 11.8 Å². The van der Waals surface area contributed by atoms with Gasteiger partial charge in [-0.1, -0.05) is 6.07 Å². The number of hydrogen-bond acceptors (Lipinski definition) is 4. The third kappa shape index (κ3) is 5.08. The van der Waals surface area contributed by atoms with E-state index in [2.05, 4.69) is 26.2 Å². The molecule has 1 aromatic rings. The topological polar surface area (TPSA) is 48.5 Å². The molecule has 3 fully saturated rings. The second-order valence-electron chi connectivity index (χ2n) is 8.77. The number of hydrogen-bond donors (Lipinski definition) is 1. The van der Waals surface area contributed by atoms with Crippen LogP contribution in [0.1, 0.15) is 50.5 Å². The lowest BCUT2D eigenvalue weighted by Gasteiger charge is -2.46. The van der Waals surface area contributed by atoms with E-state index < -0.39 is 0 Å². The van der Waals surface area contributed by atoms with Crippen LogP contribution in [0.25, 0.3) is 0 Å². The van der Waals surface area contributed by atoms with Gasteiger partial charge in [-0.15, -0.1) is 0 Å². The van der Waals surface area contributed by atoms with Gasteiger partial charge in [0, 0.05) is 57.6 Å². The number of fused-ring (bicyclic) bond motifs is 2. The normalized spacial score (nSPS) is 28.9. The minimum Gasteiger partial charge on any atom is -0.343 e. The summed E-state index contributed by atoms with van der Waals surface area (Å²) >= 11 is 0. The molecule has 0 unspecified atom stereocenters. The maximum Gasteiger partial charge on any atom is 0.222 e. The molecule has 0 spiro atoms. The molecule has 3 atom stereocenters. The predicted molar refractivity (Wildman–Crippen MR) is 107 cm³/mol. The van der Waals surface area contributed by atoms with Gasteiger partial charge in [0.2, 0.25) is 5.91 Å². The van der Waals surface area contributed by atoms with E-state index >= 15 is 0 Å². The SMILES string of the molecule is O=C(CCC[C@H]1NC[C@@H]2C[C@H]1CN(Cc1cccnc1)C2)N1CCCCC1. The number of aromatic nitrogens is 1. The summed E-state index contributed by atoms with van der Waals surface area (Å²) in [6.45, 7) is 6.47. The second kappa shape index (κ2) is 9.16. The Morgan fingerprint density at radius 3 is 2.93 bits per heavy atom. The van der Waals surface area contributed by atoms with Crippen LogP contribution in [0.4, 0.5) is 0 Å². The van der Waals surface area contributed by atoms with Crippen LogP contribution in [0.5, 0.6) is 0 Å². The van der Waals surface area contributed by atoms with Gasteiger partial charge in [0.25, 0.3) is 0 Å². The molecule has 4 heterocycles. The van der Waals surface area contributed by atoms with E-state index in [0.717, 1.165) is 57.3 Å². The summed E-state index contributed by atoms with van der Waals surface area (Å²) in [6, 6.07) is 4.79. The Kier molecular flexibility index (Phi) is 6.40. The van der Waals surface area contributed by atoms with Crippen molar-refractivity contribution < 1.29 is 4.79 Å². The monoisotopic (exact) mass is 370 g/mol. The smallest absolute Gasteiger partial charge is 0.222 e. The lowest BCUT2D eigenvalue weighted by Crippen LogP contribution is -2.55. The highest BCUT2D eigenvalue weighted by Crippen LogP contribution is 2.31. The summed E-state index contributed by atoms with van der Waals surface area (Å²) in [5, 5.41) is 3.79. The zero-order valence-electron chi connectivity index (χ0n) is 16.5. The molecule has 2 bridgehead atoms. The van der Waals surface area contributed by atoms with Crippen LogP contribution < -0.4 is 5.32 Å². The first-order valence-electron chi connectivity index (χ1n) is 10.9. The minimum absolute atomic E-state index is 0.380. The molecule has 3 aliphatic rings. The van der Waals surface area contributed by atoms with E-state index in [4.69, 9.17) is 0 Å². The average molecular weight is 371 g/mol. The molecular weight excluding hydrogens is 336 g/mol. The first kappa shape index (κ1) is 18.9. The number of carbonyl (C=O) groups is 1. The quantitative estimate of drug-likeness (QED) is 0.836. The zero-order chi connectivity index (χ0) is 18.5. The number of nitrogens with one attached hydrogen (secondary N) is 1.